The van der Waals surface area contributed by atoms with Gasteiger partial charge < -0.3 is 10.1 Å². The van der Waals surface area contributed by atoms with Gasteiger partial charge in [-0.3, -0.25) is 0 Å². The second-order valence-electron chi connectivity index (χ2n) is 4.86. The summed E-state index contributed by atoms with van der Waals surface area (Å²) >= 11 is 1.84. The van der Waals surface area contributed by atoms with Crippen LogP contribution in [0.25, 0.3) is 0 Å². The molecule has 2 aromatic rings. The van der Waals surface area contributed by atoms with Crippen molar-refractivity contribution in [3.63, 3.8) is 0 Å². The van der Waals surface area contributed by atoms with Gasteiger partial charge in [0.2, 0.25) is 0 Å². The molecule has 0 saturated carbocycles. The average molecular weight is 275 g/mol. The zero-order valence-corrected chi connectivity index (χ0v) is 12.9. The van der Waals surface area contributed by atoms with E-state index in [4.69, 9.17) is 4.74 Å². The summed E-state index contributed by atoms with van der Waals surface area (Å²) < 4.78 is 5.89. The van der Waals surface area contributed by atoms with Gasteiger partial charge in [-0.1, -0.05) is 6.07 Å². The summed E-state index contributed by atoms with van der Waals surface area (Å²) in [5.41, 5.74) is 3.86. The molecule has 1 heterocycles. The topological polar surface area (TPSA) is 21.3 Å². The van der Waals surface area contributed by atoms with Gasteiger partial charge in [0, 0.05) is 21.9 Å². The molecule has 102 valence electrons. The highest BCUT2D eigenvalue weighted by Crippen LogP contribution is 2.24. The van der Waals surface area contributed by atoms with Gasteiger partial charge in [-0.25, -0.2) is 0 Å². The van der Waals surface area contributed by atoms with Crippen molar-refractivity contribution >= 4 is 11.3 Å². The molecule has 0 bridgehead atoms. The van der Waals surface area contributed by atoms with E-state index < -0.39 is 0 Å². The summed E-state index contributed by atoms with van der Waals surface area (Å²) in [5, 5.41) is 3.18. The first kappa shape index (κ1) is 14.1. The maximum absolute atomic E-state index is 5.89. The summed E-state index contributed by atoms with van der Waals surface area (Å²) in [6.45, 7) is 7.96. The Kier molecular flexibility index (Phi) is 4.61. The Morgan fingerprint density at radius 3 is 2.58 bits per heavy atom. The number of aryl methyl sites for hydroxylation is 3. The van der Waals surface area contributed by atoms with Crippen molar-refractivity contribution < 1.29 is 4.74 Å². The van der Waals surface area contributed by atoms with E-state index >= 15 is 0 Å². The molecular weight excluding hydrogens is 254 g/mol. The van der Waals surface area contributed by atoms with Crippen molar-refractivity contribution in [3.05, 3.63) is 50.7 Å². The molecule has 1 aromatic heterocycles. The highest BCUT2D eigenvalue weighted by atomic mass is 32.1. The molecule has 0 amide bonds. The van der Waals surface area contributed by atoms with E-state index in [2.05, 4.69) is 44.3 Å². The van der Waals surface area contributed by atoms with Crippen molar-refractivity contribution in [3.8, 4) is 5.75 Å². The molecule has 19 heavy (non-hydrogen) atoms. The minimum atomic E-state index is 0.647. The maximum Gasteiger partial charge on any atom is 0.120 e. The summed E-state index contributed by atoms with van der Waals surface area (Å²) in [6.07, 6.45) is 0. The number of benzene rings is 1. The molecule has 3 heteroatoms. The lowest BCUT2D eigenvalue weighted by atomic mass is 10.1. The molecule has 0 aliphatic rings. The number of hydrogen-bond acceptors (Lipinski definition) is 3. The molecule has 0 spiro atoms. The van der Waals surface area contributed by atoms with E-state index in [0.29, 0.717) is 6.61 Å². The Labute approximate surface area is 119 Å². The second-order valence-corrected chi connectivity index (χ2v) is 6.20. The summed E-state index contributed by atoms with van der Waals surface area (Å²) in [6, 6.07) is 8.49. The fourth-order valence-electron chi connectivity index (χ4n) is 1.96. The van der Waals surface area contributed by atoms with Gasteiger partial charge >= 0.3 is 0 Å². The quantitative estimate of drug-likeness (QED) is 0.891. The number of nitrogens with one attached hydrogen (secondary N) is 1. The Balaban J connectivity index is 2.03. The third-order valence-corrected chi connectivity index (χ3v) is 4.39. The summed E-state index contributed by atoms with van der Waals surface area (Å²) in [5.74, 6) is 0.948. The zero-order valence-electron chi connectivity index (χ0n) is 12.0. The number of thiophene rings is 1. The van der Waals surface area contributed by atoms with Crippen LogP contribution in [0.4, 0.5) is 0 Å². The van der Waals surface area contributed by atoms with E-state index in [-0.39, 0.29) is 0 Å². The van der Waals surface area contributed by atoms with Gasteiger partial charge in [-0.2, -0.15) is 0 Å². The molecule has 0 aliphatic heterocycles. The Hall–Kier alpha value is -1.32. The predicted molar refractivity (Wildman–Crippen MR) is 82.1 cm³/mol. The first-order chi connectivity index (χ1) is 9.10. The Bertz CT molecular complexity index is 560. The molecule has 0 unspecified atom stereocenters. The lowest BCUT2D eigenvalue weighted by Crippen LogP contribution is -2.02. The van der Waals surface area contributed by atoms with E-state index in [1.165, 1.54) is 26.4 Å². The first-order valence-corrected chi connectivity index (χ1v) is 7.34. The van der Waals surface area contributed by atoms with Gasteiger partial charge in [0.1, 0.15) is 12.4 Å². The van der Waals surface area contributed by atoms with Gasteiger partial charge in [0.05, 0.1) is 0 Å². The standard InChI is InChI=1S/C16H21NOS/c1-11-5-6-15(7-12(11)2)18-10-14-8-16(9-17-4)19-13(14)3/h5-8,17H,9-10H2,1-4H3. The molecule has 2 nitrogen and oxygen atoms in total. The summed E-state index contributed by atoms with van der Waals surface area (Å²) in [4.78, 5) is 2.70. The van der Waals surface area contributed by atoms with Crippen LogP contribution >= 0.6 is 11.3 Å². The molecule has 0 saturated heterocycles. The van der Waals surface area contributed by atoms with E-state index in [9.17, 15) is 0 Å². The second kappa shape index (κ2) is 6.22. The molecule has 1 aromatic carbocycles. The van der Waals surface area contributed by atoms with E-state index in [1.807, 2.05) is 24.5 Å². The molecular formula is C16H21NOS. The maximum atomic E-state index is 5.89. The van der Waals surface area contributed by atoms with Crippen molar-refractivity contribution in [2.75, 3.05) is 7.05 Å². The minimum absolute atomic E-state index is 0.647. The van der Waals surface area contributed by atoms with Crippen LogP contribution in [0.5, 0.6) is 5.75 Å². The van der Waals surface area contributed by atoms with Crippen molar-refractivity contribution in [2.45, 2.75) is 33.9 Å². The lowest BCUT2D eigenvalue weighted by molar-refractivity contribution is 0.305. The molecule has 0 fully saturated rings. The highest BCUT2D eigenvalue weighted by molar-refractivity contribution is 7.12. The highest BCUT2D eigenvalue weighted by Gasteiger charge is 2.06. The van der Waals surface area contributed by atoms with Gasteiger partial charge in [-0.05, 0) is 57.1 Å². The van der Waals surface area contributed by atoms with Crippen molar-refractivity contribution in [1.82, 2.24) is 5.32 Å². The minimum Gasteiger partial charge on any atom is -0.489 e. The monoisotopic (exact) mass is 275 g/mol. The van der Waals surface area contributed by atoms with Crippen LogP contribution in [0, 0.1) is 20.8 Å². The van der Waals surface area contributed by atoms with Crippen LogP contribution in [-0.2, 0) is 13.2 Å². The predicted octanol–water partition coefficient (Wildman–Crippen LogP) is 3.97. The van der Waals surface area contributed by atoms with Crippen LogP contribution in [0.15, 0.2) is 24.3 Å². The smallest absolute Gasteiger partial charge is 0.120 e. The van der Waals surface area contributed by atoms with Crippen LogP contribution in [-0.4, -0.2) is 7.05 Å². The molecule has 2 rings (SSSR count). The van der Waals surface area contributed by atoms with Gasteiger partial charge in [0.15, 0.2) is 0 Å². The normalized spacial score (nSPS) is 10.7. The zero-order chi connectivity index (χ0) is 13.8. The molecule has 1 N–H and O–H groups in total. The van der Waals surface area contributed by atoms with Crippen LogP contribution < -0.4 is 10.1 Å². The lowest BCUT2D eigenvalue weighted by Gasteiger charge is -2.08. The Morgan fingerprint density at radius 1 is 1.11 bits per heavy atom. The molecule has 0 radical (unpaired) electrons. The third-order valence-electron chi connectivity index (χ3n) is 3.30. The number of ether oxygens (including phenoxy) is 1. The van der Waals surface area contributed by atoms with E-state index in [0.717, 1.165) is 12.3 Å². The fraction of sp³-hybridized carbons (Fsp3) is 0.375. The third kappa shape index (κ3) is 3.58. The number of hydrogen-bond donors (Lipinski definition) is 1. The molecule has 0 atom stereocenters. The van der Waals surface area contributed by atoms with Crippen molar-refractivity contribution in [1.29, 1.82) is 0 Å². The van der Waals surface area contributed by atoms with Crippen LogP contribution in [0.1, 0.15) is 26.4 Å². The summed E-state index contributed by atoms with van der Waals surface area (Å²) in [7, 11) is 1.97. The van der Waals surface area contributed by atoms with Crippen LogP contribution in [0.2, 0.25) is 0 Å². The fourth-order valence-corrected chi connectivity index (χ4v) is 3.02. The van der Waals surface area contributed by atoms with E-state index in [1.54, 1.807) is 0 Å². The average Bonchev–Trinajstić information content (AvgIpc) is 2.72. The van der Waals surface area contributed by atoms with Gasteiger partial charge in [-0.15, -0.1) is 11.3 Å². The van der Waals surface area contributed by atoms with Gasteiger partial charge in [0.25, 0.3) is 0 Å². The van der Waals surface area contributed by atoms with Crippen LogP contribution in [0.3, 0.4) is 0 Å². The largest absolute Gasteiger partial charge is 0.489 e. The SMILES string of the molecule is CNCc1cc(COc2ccc(C)c(C)c2)c(C)s1. The number of rotatable bonds is 5. The Morgan fingerprint density at radius 2 is 1.89 bits per heavy atom. The van der Waals surface area contributed by atoms with Crippen molar-refractivity contribution in [2.24, 2.45) is 0 Å². The first-order valence-electron chi connectivity index (χ1n) is 6.53. The molecule has 0 aliphatic carbocycles.